The Morgan fingerprint density at radius 2 is 2.07 bits per heavy atom. The minimum atomic E-state index is -0.937. The maximum atomic E-state index is 12.1. The highest BCUT2D eigenvalue weighted by molar-refractivity contribution is 6.40. The number of rotatable bonds is 5. The van der Waals surface area contributed by atoms with Gasteiger partial charge in [-0.15, -0.1) is 0 Å². The number of nitrogens with one attached hydrogen (secondary N) is 2. The van der Waals surface area contributed by atoms with E-state index < -0.39 is 17.9 Å². The molecule has 0 aliphatic carbocycles. The maximum Gasteiger partial charge on any atom is 0.313 e. The van der Waals surface area contributed by atoms with Crippen LogP contribution >= 0.6 is 11.6 Å². The fraction of sp³-hybridized carbons (Fsp3) is 0.263. The van der Waals surface area contributed by atoms with Gasteiger partial charge >= 0.3 is 11.8 Å². The Morgan fingerprint density at radius 1 is 1.26 bits per heavy atom. The molecule has 0 spiro atoms. The summed E-state index contributed by atoms with van der Waals surface area (Å²) in [5, 5.41) is 15.5. The maximum absolute atomic E-state index is 12.1. The largest absolute Gasteiger partial charge is 0.495 e. The van der Waals surface area contributed by atoms with E-state index in [0.29, 0.717) is 22.9 Å². The second kappa shape index (κ2) is 8.28. The fourth-order valence-electron chi connectivity index (χ4n) is 2.76. The smallest absolute Gasteiger partial charge is 0.313 e. The molecule has 0 aromatic heterocycles. The van der Waals surface area contributed by atoms with E-state index in [2.05, 4.69) is 10.6 Å². The quantitative estimate of drug-likeness (QED) is 0.679. The number of ether oxygens (including phenoxy) is 2. The van der Waals surface area contributed by atoms with Crippen molar-refractivity contribution in [3.8, 4) is 11.5 Å². The second-order valence-corrected chi connectivity index (χ2v) is 6.43. The molecule has 3 rings (SSSR count). The third-order valence-corrected chi connectivity index (χ3v) is 4.41. The molecule has 0 bridgehead atoms. The van der Waals surface area contributed by atoms with Crippen molar-refractivity contribution in [2.75, 3.05) is 25.6 Å². The van der Waals surface area contributed by atoms with Gasteiger partial charge in [-0.2, -0.15) is 0 Å². The molecule has 27 heavy (non-hydrogen) atoms. The molecule has 0 saturated carbocycles. The van der Waals surface area contributed by atoms with Gasteiger partial charge < -0.3 is 25.2 Å². The molecular formula is C19H19ClN2O5. The van der Waals surface area contributed by atoms with Crippen molar-refractivity contribution in [2.45, 2.75) is 12.5 Å². The third kappa shape index (κ3) is 4.50. The van der Waals surface area contributed by atoms with Gasteiger partial charge in [0.25, 0.3) is 0 Å². The van der Waals surface area contributed by atoms with Crippen LogP contribution in [0.3, 0.4) is 0 Å². The van der Waals surface area contributed by atoms with Crippen LogP contribution in [0, 0.1) is 0 Å². The van der Waals surface area contributed by atoms with Crippen LogP contribution in [0.15, 0.2) is 36.4 Å². The number of carbonyl (C=O) groups excluding carboxylic acids is 2. The molecule has 0 fully saturated rings. The second-order valence-electron chi connectivity index (χ2n) is 5.99. The number of anilines is 1. The first-order valence-electron chi connectivity index (χ1n) is 8.34. The van der Waals surface area contributed by atoms with Crippen molar-refractivity contribution in [1.82, 2.24) is 5.32 Å². The zero-order valence-corrected chi connectivity index (χ0v) is 15.4. The van der Waals surface area contributed by atoms with Crippen LogP contribution in [0.2, 0.25) is 5.02 Å². The number of halogens is 1. The molecule has 2 amide bonds. The van der Waals surface area contributed by atoms with Crippen LogP contribution in [0.1, 0.15) is 17.2 Å². The third-order valence-electron chi connectivity index (χ3n) is 4.17. The molecule has 0 radical (unpaired) electrons. The summed E-state index contributed by atoms with van der Waals surface area (Å²) in [6.45, 7) is 0.525. The van der Waals surface area contributed by atoms with Crippen molar-refractivity contribution < 1.29 is 24.2 Å². The summed E-state index contributed by atoms with van der Waals surface area (Å²) in [5.41, 5.74) is 1.95. The normalized spacial score (nSPS) is 13.3. The molecule has 3 N–H and O–H groups in total. The van der Waals surface area contributed by atoms with E-state index in [0.717, 1.165) is 17.7 Å². The van der Waals surface area contributed by atoms with Gasteiger partial charge in [0.05, 0.1) is 25.5 Å². The van der Waals surface area contributed by atoms with Gasteiger partial charge in [0.2, 0.25) is 0 Å². The Morgan fingerprint density at radius 3 is 2.85 bits per heavy atom. The van der Waals surface area contributed by atoms with Gasteiger partial charge in [0, 0.05) is 18.0 Å². The molecule has 1 heterocycles. The molecule has 7 nitrogen and oxygen atoms in total. The van der Waals surface area contributed by atoms with Crippen LogP contribution in [0.4, 0.5) is 5.69 Å². The number of aliphatic hydroxyl groups excluding tert-OH is 1. The highest BCUT2D eigenvalue weighted by Gasteiger charge is 2.19. The molecule has 1 atom stereocenters. The highest BCUT2D eigenvalue weighted by Crippen LogP contribution is 2.28. The zero-order valence-electron chi connectivity index (χ0n) is 14.6. The number of benzene rings is 2. The Balaban J connectivity index is 1.57. The Bertz CT molecular complexity index is 871. The monoisotopic (exact) mass is 390 g/mol. The van der Waals surface area contributed by atoms with Crippen molar-refractivity contribution in [1.29, 1.82) is 0 Å². The number of fused-ring (bicyclic) bond motifs is 1. The minimum absolute atomic E-state index is 0.0986. The minimum Gasteiger partial charge on any atom is -0.495 e. The number of methoxy groups -OCH3 is 1. The van der Waals surface area contributed by atoms with Crippen LogP contribution in [-0.2, 0) is 16.0 Å². The summed E-state index contributed by atoms with van der Waals surface area (Å²) in [4.78, 5) is 24.1. The SMILES string of the molecule is COc1ccc(Cl)cc1NC(=O)C(=O)NC[C@@H](O)c1ccc2c(c1)CCO2. The molecule has 0 unspecified atom stereocenters. The fourth-order valence-corrected chi connectivity index (χ4v) is 2.93. The number of amides is 2. The predicted octanol–water partition coefficient (Wildman–Crippen LogP) is 2.07. The molecule has 1 aliphatic heterocycles. The van der Waals surface area contributed by atoms with Crippen LogP contribution in [-0.4, -0.2) is 37.2 Å². The van der Waals surface area contributed by atoms with Gasteiger partial charge in [-0.3, -0.25) is 9.59 Å². The first-order valence-corrected chi connectivity index (χ1v) is 8.72. The first-order chi connectivity index (χ1) is 13.0. The number of hydrogen-bond donors (Lipinski definition) is 3. The molecule has 2 aromatic rings. The van der Waals surface area contributed by atoms with Crippen molar-refractivity contribution in [2.24, 2.45) is 0 Å². The number of hydrogen-bond acceptors (Lipinski definition) is 5. The van der Waals surface area contributed by atoms with E-state index in [-0.39, 0.29) is 12.2 Å². The lowest BCUT2D eigenvalue weighted by Gasteiger charge is -2.14. The summed E-state index contributed by atoms with van der Waals surface area (Å²) < 4.78 is 10.5. The van der Waals surface area contributed by atoms with Crippen LogP contribution < -0.4 is 20.1 Å². The Labute approximate surface area is 161 Å². The lowest BCUT2D eigenvalue weighted by molar-refractivity contribution is -0.136. The first kappa shape index (κ1) is 19.0. The van der Waals surface area contributed by atoms with E-state index in [9.17, 15) is 14.7 Å². The molecule has 0 saturated heterocycles. The lowest BCUT2D eigenvalue weighted by Crippen LogP contribution is -2.37. The molecular weight excluding hydrogens is 372 g/mol. The van der Waals surface area contributed by atoms with Crippen LogP contribution in [0.5, 0.6) is 11.5 Å². The molecule has 1 aliphatic rings. The molecule has 2 aromatic carbocycles. The van der Waals surface area contributed by atoms with Crippen molar-refractivity contribution in [3.05, 3.63) is 52.5 Å². The summed E-state index contributed by atoms with van der Waals surface area (Å²) in [6.07, 6.45) is -0.153. The standard InChI is InChI=1S/C19H19ClN2O5/c1-26-17-5-3-13(20)9-14(17)22-19(25)18(24)21-10-15(23)11-2-4-16-12(8-11)6-7-27-16/h2-5,8-9,15,23H,6-7,10H2,1H3,(H,21,24)(H,22,25)/t15-/m1/s1. The average molecular weight is 391 g/mol. The van der Waals surface area contributed by atoms with Crippen LogP contribution in [0.25, 0.3) is 0 Å². The summed E-state index contributed by atoms with van der Waals surface area (Å²) in [7, 11) is 1.44. The molecule has 8 heteroatoms. The van der Waals surface area contributed by atoms with Gasteiger partial charge in [0.15, 0.2) is 0 Å². The number of aliphatic hydroxyl groups is 1. The summed E-state index contributed by atoms with van der Waals surface area (Å²) in [6, 6.07) is 10.0. The van der Waals surface area contributed by atoms with Gasteiger partial charge in [-0.1, -0.05) is 17.7 Å². The van der Waals surface area contributed by atoms with Crippen molar-refractivity contribution >= 4 is 29.1 Å². The Hall–Kier alpha value is -2.77. The van der Waals surface area contributed by atoms with E-state index in [4.69, 9.17) is 21.1 Å². The van der Waals surface area contributed by atoms with E-state index in [1.807, 2.05) is 6.07 Å². The highest BCUT2D eigenvalue weighted by atomic mass is 35.5. The van der Waals surface area contributed by atoms with E-state index >= 15 is 0 Å². The predicted molar refractivity (Wildman–Crippen MR) is 100 cm³/mol. The lowest BCUT2D eigenvalue weighted by atomic mass is 10.0. The molecule has 142 valence electrons. The van der Waals surface area contributed by atoms with Gasteiger partial charge in [0.1, 0.15) is 11.5 Å². The van der Waals surface area contributed by atoms with Gasteiger partial charge in [-0.25, -0.2) is 0 Å². The average Bonchev–Trinajstić information content (AvgIpc) is 3.13. The van der Waals surface area contributed by atoms with E-state index in [1.54, 1.807) is 24.3 Å². The number of carbonyl (C=O) groups is 2. The topological polar surface area (TPSA) is 96.9 Å². The zero-order chi connectivity index (χ0) is 19.4. The summed E-state index contributed by atoms with van der Waals surface area (Å²) >= 11 is 5.90. The van der Waals surface area contributed by atoms with E-state index in [1.165, 1.54) is 13.2 Å². The van der Waals surface area contributed by atoms with Crippen molar-refractivity contribution in [3.63, 3.8) is 0 Å². The summed E-state index contributed by atoms with van der Waals surface area (Å²) in [5.74, 6) is -0.573. The Kier molecular flexibility index (Phi) is 5.83. The van der Waals surface area contributed by atoms with Gasteiger partial charge in [-0.05, 0) is 41.5 Å².